The molecule has 7 heteroatoms. The first-order chi connectivity index (χ1) is 17.4. The zero-order valence-corrected chi connectivity index (χ0v) is 21.3. The average molecular weight is 492 g/mol. The van der Waals surface area contributed by atoms with E-state index < -0.39 is 6.04 Å². The van der Waals surface area contributed by atoms with Gasteiger partial charge in [-0.2, -0.15) is 0 Å². The Bertz CT molecular complexity index is 1340. The molecular weight excluding hydrogens is 458 g/mol. The normalized spacial score (nSPS) is 19.4. The number of rotatable bonds is 8. The van der Waals surface area contributed by atoms with Crippen molar-refractivity contribution in [1.29, 1.82) is 0 Å². The Balaban J connectivity index is 1.60. The van der Waals surface area contributed by atoms with Crippen molar-refractivity contribution >= 4 is 16.9 Å². The molecule has 2 aliphatic rings. The van der Waals surface area contributed by atoms with E-state index >= 15 is 0 Å². The molecule has 1 aromatic heterocycles. The molecule has 2 atom stereocenters. The lowest BCUT2D eigenvalue weighted by Gasteiger charge is -2.28. The molecule has 2 aromatic carbocycles. The van der Waals surface area contributed by atoms with Crippen LogP contribution in [0.25, 0.3) is 11.0 Å². The summed E-state index contributed by atoms with van der Waals surface area (Å²) in [6.07, 6.45) is 2.69. The Morgan fingerprint density at radius 2 is 1.94 bits per heavy atom. The number of carbonyl (C=O) groups is 1. The second-order valence-electron chi connectivity index (χ2n) is 10.1. The van der Waals surface area contributed by atoms with Crippen LogP contribution in [-0.2, 0) is 4.74 Å². The maximum Gasteiger partial charge on any atom is 0.291 e. The van der Waals surface area contributed by atoms with Crippen molar-refractivity contribution in [1.82, 2.24) is 4.90 Å². The van der Waals surface area contributed by atoms with E-state index in [0.29, 0.717) is 53.7 Å². The summed E-state index contributed by atoms with van der Waals surface area (Å²) < 4.78 is 23.5. The molecule has 0 radical (unpaired) electrons. The van der Waals surface area contributed by atoms with Gasteiger partial charge in [0.15, 0.2) is 16.9 Å². The number of hydrogen-bond donors (Lipinski definition) is 0. The van der Waals surface area contributed by atoms with Gasteiger partial charge >= 0.3 is 0 Å². The molecule has 1 fully saturated rings. The molecule has 2 aliphatic heterocycles. The number of aryl methyl sites for hydroxylation is 1. The molecule has 3 heterocycles. The molecule has 3 aromatic rings. The van der Waals surface area contributed by atoms with E-state index in [-0.39, 0.29) is 23.2 Å². The monoisotopic (exact) mass is 491 g/mol. The van der Waals surface area contributed by atoms with Gasteiger partial charge in [-0.3, -0.25) is 9.59 Å². The van der Waals surface area contributed by atoms with Gasteiger partial charge in [0.1, 0.15) is 5.58 Å². The van der Waals surface area contributed by atoms with Crippen LogP contribution in [0.2, 0.25) is 0 Å². The van der Waals surface area contributed by atoms with Crippen LogP contribution in [0.15, 0.2) is 45.6 Å². The molecule has 36 heavy (non-hydrogen) atoms. The van der Waals surface area contributed by atoms with E-state index in [4.69, 9.17) is 18.6 Å². The Morgan fingerprint density at radius 3 is 2.67 bits per heavy atom. The standard InChI is InChI=1S/C29H33NO6/c1-17(2)11-13-35-23-10-8-19(15-24(23)33-4)26-25-27(31)21-14-18(3)7-9-22(21)36-28(25)29(32)30(26)16-20-6-5-12-34-20/h7-10,14-15,17,20,26H,5-6,11-13,16H2,1-4H3/t20-,26+/m1/s1. The predicted octanol–water partition coefficient (Wildman–Crippen LogP) is 5.26. The first kappa shape index (κ1) is 24.4. The number of hydrogen-bond acceptors (Lipinski definition) is 6. The predicted molar refractivity (Wildman–Crippen MR) is 137 cm³/mol. The highest BCUT2D eigenvalue weighted by atomic mass is 16.5. The first-order valence-electron chi connectivity index (χ1n) is 12.7. The summed E-state index contributed by atoms with van der Waals surface area (Å²) in [5.74, 6) is 1.55. The summed E-state index contributed by atoms with van der Waals surface area (Å²) in [6.45, 7) is 7.88. The van der Waals surface area contributed by atoms with Gasteiger partial charge in [0.05, 0.1) is 36.8 Å². The largest absolute Gasteiger partial charge is 0.493 e. The first-order valence-corrected chi connectivity index (χ1v) is 12.7. The van der Waals surface area contributed by atoms with E-state index in [2.05, 4.69) is 13.8 Å². The number of benzene rings is 2. The van der Waals surface area contributed by atoms with Crippen molar-refractivity contribution in [2.75, 3.05) is 26.9 Å². The van der Waals surface area contributed by atoms with E-state index in [1.165, 1.54) is 0 Å². The molecular formula is C29H33NO6. The molecule has 5 rings (SSSR count). The second kappa shape index (κ2) is 9.97. The summed E-state index contributed by atoms with van der Waals surface area (Å²) in [4.78, 5) is 29.1. The second-order valence-corrected chi connectivity index (χ2v) is 10.1. The fourth-order valence-electron chi connectivity index (χ4n) is 5.05. The summed E-state index contributed by atoms with van der Waals surface area (Å²) in [5.41, 5.74) is 2.33. The van der Waals surface area contributed by atoms with Crippen molar-refractivity contribution < 1.29 is 23.4 Å². The lowest BCUT2D eigenvalue weighted by Crippen LogP contribution is -2.36. The highest BCUT2D eigenvalue weighted by molar-refractivity contribution is 5.99. The van der Waals surface area contributed by atoms with Crippen molar-refractivity contribution in [2.45, 2.75) is 52.2 Å². The minimum absolute atomic E-state index is 0.0712. The van der Waals surface area contributed by atoms with E-state index in [1.54, 1.807) is 18.1 Å². The fraction of sp³-hybridized carbons (Fsp3) is 0.448. The van der Waals surface area contributed by atoms with E-state index in [9.17, 15) is 9.59 Å². The minimum Gasteiger partial charge on any atom is -0.493 e. The average Bonchev–Trinajstić information content (AvgIpc) is 3.47. The number of carbonyl (C=O) groups excluding carboxylic acids is 1. The Kier molecular flexibility index (Phi) is 6.75. The van der Waals surface area contributed by atoms with Gasteiger partial charge in [-0.25, -0.2) is 0 Å². The highest BCUT2D eigenvalue weighted by Crippen LogP contribution is 2.41. The summed E-state index contributed by atoms with van der Waals surface area (Å²) in [7, 11) is 1.59. The molecule has 0 N–H and O–H groups in total. The zero-order valence-electron chi connectivity index (χ0n) is 21.3. The van der Waals surface area contributed by atoms with Crippen LogP contribution in [0.1, 0.15) is 66.4 Å². The maximum absolute atomic E-state index is 13.8. The van der Waals surface area contributed by atoms with Crippen molar-refractivity contribution in [3.05, 3.63) is 69.1 Å². The third-order valence-corrected chi connectivity index (χ3v) is 7.00. The molecule has 0 bridgehead atoms. The minimum atomic E-state index is -0.600. The van der Waals surface area contributed by atoms with E-state index in [0.717, 1.165) is 30.4 Å². The Labute approximate surface area is 210 Å². The fourth-order valence-corrected chi connectivity index (χ4v) is 5.05. The van der Waals surface area contributed by atoms with Crippen LogP contribution in [0.3, 0.4) is 0 Å². The van der Waals surface area contributed by atoms with Crippen LogP contribution in [0, 0.1) is 12.8 Å². The highest BCUT2D eigenvalue weighted by Gasteiger charge is 2.44. The van der Waals surface area contributed by atoms with Gasteiger partial charge < -0.3 is 23.5 Å². The topological polar surface area (TPSA) is 78.2 Å². The molecule has 190 valence electrons. The van der Waals surface area contributed by atoms with Crippen LogP contribution in [0.4, 0.5) is 0 Å². The molecule has 0 spiro atoms. The van der Waals surface area contributed by atoms with Crippen LogP contribution in [0.5, 0.6) is 11.5 Å². The van der Waals surface area contributed by atoms with Gasteiger partial charge in [0.25, 0.3) is 5.91 Å². The molecule has 0 unspecified atom stereocenters. The zero-order chi connectivity index (χ0) is 25.4. The summed E-state index contributed by atoms with van der Waals surface area (Å²) >= 11 is 0. The number of amides is 1. The maximum atomic E-state index is 13.8. The third-order valence-electron chi connectivity index (χ3n) is 7.00. The molecule has 0 aliphatic carbocycles. The Hall–Kier alpha value is -3.32. The third kappa shape index (κ3) is 4.48. The number of fused-ring (bicyclic) bond motifs is 2. The van der Waals surface area contributed by atoms with Crippen LogP contribution >= 0.6 is 0 Å². The number of nitrogens with zero attached hydrogens (tertiary/aromatic N) is 1. The van der Waals surface area contributed by atoms with Crippen LogP contribution < -0.4 is 14.9 Å². The Morgan fingerprint density at radius 1 is 1.11 bits per heavy atom. The molecule has 1 amide bonds. The van der Waals surface area contributed by atoms with Gasteiger partial charge in [-0.15, -0.1) is 0 Å². The SMILES string of the molecule is COc1cc([C@H]2c3c(oc4ccc(C)cc4c3=O)C(=O)N2C[C@H]2CCCO2)ccc1OCCC(C)C. The van der Waals surface area contributed by atoms with Gasteiger partial charge in [-0.05, 0) is 61.9 Å². The number of methoxy groups -OCH3 is 1. The van der Waals surface area contributed by atoms with Crippen molar-refractivity contribution in [2.24, 2.45) is 5.92 Å². The van der Waals surface area contributed by atoms with Gasteiger partial charge in [0, 0.05) is 13.2 Å². The van der Waals surface area contributed by atoms with Crippen LogP contribution in [-0.4, -0.2) is 43.8 Å². The van der Waals surface area contributed by atoms with Crippen molar-refractivity contribution in [3.8, 4) is 11.5 Å². The van der Waals surface area contributed by atoms with E-state index in [1.807, 2.05) is 37.3 Å². The molecule has 7 nitrogen and oxygen atoms in total. The number of ether oxygens (including phenoxy) is 3. The van der Waals surface area contributed by atoms with Gasteiger partial charge in [0.2, 0.25) is 5.76 Å². The molecule has 1 saturated heterocycles. The smallest absolute Gasteiger partial charge is 0.291 e. The summed E-state index contributed by atoms with van der Waals surface area (Å²) in [5, 5.41) is 0.478. The quantitative estimate of drug-likeness (QED) is 0.428. The lowest BCUT2D eigenvalue weighted by molar-refractivity contribution is 0.0486. The van der Waals surface area contributed by atoms with Crippen molar-refractivity contribution in [3.63, 3.8) is 0 Å². The summed E-state index contributed by atoms with van der Waals surface area (Å²) in [6, 6.07) is 10.5. The molecule has 0 saturated carbocycles. The van der Waals surface area contributed by atoms with Gasteiger partial charge in [-0.1, -0.05) is 31.5 Å². The lowest BCUT2D eigenvalue weighted by atomic mass is 9.97.